The summed E-state index contributed by atoms with van der Waals surface area (Å²) in [6.45, 7) is 3.37. The first-order chi connectivity index (χ1) is 9.40. The fourth-order valence-corrected chi connectivity index (χ4v) is 2.64. The first-order valence-electron chi connectivity index (χ1n) is 5.93. The second kappa shape index (κ2) is 6.95. The lowest BCUT2D eigenvalue weighted by Gasteiger charge is -2.10. The van der Waals surface area contributed by atoms with Crippen LogP contribution < -0.4 is 0 Å². The maximum absolute atomic E-state index is 12.1. The van der Waals surface area contributed by atoms with Crippen molar-refractivity contribution < 1.29 is 19.3 Å². The topological polar surface area (TPSA) is 90.6 Å². The molecular weight excluding hydrogens is 277 g/mol. The fourth-order valence-electron chi connectivity index (χ4n) is 1.47. The third kappa shape index (κ3) is 4.27. The second-order valence-corrected chi connectivity index (χ2v) is 6.47. The zero-order chi connectivity index (χ0) is 15.2. The maximum atomic E-state index is 12.1. The van der Waals surface area contributed by atoms with E-state index in [2.05, 4.69) is 0 Å². The molecule has 1 rings (SSSR count). The lowest BCUT2D eigenvalue weighted by atomic mass is 10.2. The van der Waals surface area contributed by atoms with Gasteiger partial charge in [-0.05, 0) is 30.7 Å². The highest BCUT2D eigenvalue weighted by Gasteiger charge is 2.20. The van der Waals surface area contributed by atoms with Gasteiger partial charge in [0.2, 0.25) is 7.37 Å². The summed E-state index contributed by atoms with van der Waals surface area (Å²) >= 11 is 0. The van der Waals surface area contributed by atoms with Gasteiger partial charge in [-0.15, -0.1) is 0 Å². The Morgan fingerprint density at radius 2 is 2.15 bits per heavy atom. The number of allylic oxidation sites excluding steroid dienone is 3. The van der Waals surface area contributed by atoms with E-state index in [0.29, 0.717) is 5.56 Å². The third-order valence-electron chi connectivity index (χ3n) is 2.47. The van der Waals surface area contributed by atoms with Gasteiger partial charge in [0.05, 0.1) is 6.61 Å². The predicted octanol–water partition coefficient (Wildman–Crippen LogP) is 3.46. The Morgan fingerprint density at radius 1 is 1.45 bits per heavy atom. The van der Waals surface area contributed by atoms with Crippen molar-refractivity contribution in [3.05, 3.63) is 41.2 Å². The van der Waals surface area contributed by atoms with Gasteiger partial charge in [-0.1, -0.05) is 18.2 Å². The SMILES string of the molecule is CCOP(C)(=O)/C(C#N)=C/C=C/c1ccc(O)c(O)c1. The van der Waals surface area contributed by atoms with E-state index in [1.165, 1.54) is 24.9 Å². The van der Waals surface area contributed by atoms with Crippen LogP contribution in [0.5, 0.6) is 11.5 Å². The number of aromatic hydroxyl groups is 2. The molecule has 0 bridgehead atoms. The lowest BCUT2D eigenvalue weighted by molar-refractivity contribution is 0.343. The number of nitrogens with zero attached hydrogens (tertiary/aromatic N) is 1. The van der Waals surface area contributed by atoms with E-state index in [1.54, 1.807) is 25.1 Å². The van der Waals surface area contributed by atoms with E-state index in [9.17, 15) is 14.8 Å². The molecular formula is C14H16NO4P. The first kappa shape index (κ1) is 16.0. The summed E-state index contributed by atoms with van der Waals surface area (Å²) in [6.07, 6.45) is 4.57. The molecule has 0 aromatic heterocycles. The van der Waals surface area contributed by atoms with Crippen molar-refractivity contribution >= 4 is 13.4 Å². The normalized spacial score (nSPS) is 14.9. The van der Waals surface area contributed by atoms with Gasteiger partial charge in [-0.25, -0.2) is 0 Å². The summed E-state index contributed by atoms with van der Waals surface area (Å²) in [7, 11) is -3.08. The maximum Gasteiger partial charge on any atom is 0.239 e. The molecule has 1 atom stereocenters. The van der Waals surface area contributed by atoms with Crippen LogP contribution in [0.1, 0.15) is 12.5 Å². The van der Waals surface area contributed by atoms with Crippen LogP contribution in [0, 0.1) is 11.3 Å². The quantitative estimate of drug-likeness (QED) is 0.375. The van der Waals surface area contributed by atoms with Crippen molar-refractivity contribution in [2.45, 2.75) is 6.92 Å². The molecule has 0 saturated carbocycles. The summed E-state index contributed by atoms with van der Waals surface area (Å²) in [6, 6.07) is 6.19. The van der Waals surface area contributed by atoms with E-state index in [0.717, 1.165) is 0 Å². The first-order valence-corrected chi connectivity index (χ1v) is 8.01. The molecule has 0 amide bonds. The predicted molar refractivity (Wildman–Crippen MR) is 77.7 cm³/mol. The highest BCUT2D eigenvalue weighted by molar-refractivity contribution is 7.63. The summed E-state index contributed by atoms with van der Waals surface area (Å²) in [5.74, 6) is -0.433. The zero-order valence-corrected chi connectivity index (χ0v) is 12.2. The van der Waals surface area contributed by atoms with Crippen LogP contribution in [0.4, 0.5) is 0 Å². The number of phenolic OH excluding ortho intramolecular Hbond substituents is 2. The van der Waals surface area contributed by atoms with Crippen LogP contribution in [0.15, 0.2) is 35.7 Å². The van der Waals surface area contributed by atoms with E-state index in [4.69, 9.17) is 9.79 Å². The number of hydrogen-bond acceptors (Lipinski definition) is 5. The summed E-state index contributed by atoms with van der Waals surface area (Å²) in [5, 5.41) is 27.6. The van der Waals surface area contributed by atoms with Crippen LogP contribution in [0.3, 0.4) is 0 Å². The molecule has 0 spiro atoms. The molecule has 0 aliphatic heterocycles. The molecule has 1 unspecified atom stereocenters. The number of phenols is 2. The van der Waals surface area contributed by atoms with Gasteiger partial charge >= 0.3 is 0 Å². The average molecular weight is 293 g/mol. The van der Waals surface area contributed by atoms with Gasteiger partial charge in [0, 0.05) is 6.66 Å². The zero-order valence-electron chi connectivity index (χ0n) is 11.3. The van der Waals surface area contributed by atoms with Crippen molar-refractivity contribution in [1.82, 2.24) is 0 Å². The molecule has 5 nitrogen and oxygen atoms in total. The van der Waals surface area contributed by atoms with E-state index in [-0.39, 0.29) is 23.4 Å². The van der Waals surface area contributed by atoms with Gasteiger partial charge in [0.1, 0.15) is 11.4 Å². The molecule has 0 fully saturated rings. The third-order valence-corrected chi connectivity index (χ3v) is 4.35. The van der Waals surface area contributed by atoms with Gasteiger partial charge < -0.3 is 14.7 Å². The van der Waals surface area contributed by atoms with Crippen LogP contribution in [-0.2, 0) is 9.09 Å². The Hall–Kier alpha value is -2.02. The molecule has 106 valence electrons. The smallest absolute Gasteiger partial charge is 0.239 e. The minimum absolute atomic E-state index is 0.0681. The van der Waals surface area contributed by atoms with Gasteiger partial charge in [0.25, 0.3) is 0 Å². The minimum atomic E-state index is -3.08. The van der Waals surface area contributed by atoms with Crippen molar-refractivity contribution in [3.8, 4) is 17.6 Å². The van der Waals surface area contributed by atoms with Gasteiger partial charge in [-0.2, -0.15) is 5.26 Å². The molecule has 0 aliphatic carbocycles. The van der Waals surface area contributed by atoms with E-state index >= 15 is 0 Å². The number of nitriles is 1. The Bertz CT molecular complexity index is 629. The standard InChI is InChI=1S/C14H16NO4P/c1-3-19-20(2,18)12(10-15)6-4-5-11-7-8-13(16)14(17)9-11/h4-9,16-17H,3H2,1-2H3/b5-4+,12-6+. The summed E-state index contributed by atoms with van der Waals surface area (Å²) < 4.78 is 17.1. The summed E-state index contributed by atoms with van der Waals surface area (Å²) in [5.41, 5.74) is 0.635. The summed E-state index contributed by atoms with van der Waals surface area (Å²) in [4.78, 5) is 0. The van der Waals surface area contributed by atoms with E-state index in [1.807, 2.05) is 6.07 Å². The minimum Gasteiger partial charge on any atom is -0.504 e. The Balaban J connectivity index is 2.94. The molecule has 0 heterocycles. The van der Waals surface area contributed by atoms with Crippen LogP contribution in [0.2, 0.25) is 0 Å². The van der Waals surface area contributed by atoms with Crippen LogP contribution in [0.25, 0.3) is 6.08 Å². The molecule has 0 aliphatic rings. The van der Waals surface area contributed by atoms with Gasteiger partial charge in [-0.3, -0.25) is 4.57 Å². The Kier molecular flexibility index (Phi) is 5.57. The highest BCUT2D eigenvalue weighted by atomic mass is 31.2. The van der Waals surface area contributed by atoms with Crippen molar-refractivity contribution in [1.29, 1.82) is 5.26 Å². The largest absolute Gasteiger partial charge is 0.504 e. The Morgan fingerprint density at radius 3 is 2.70 bits per heavy atom. The van der Waals surface area contributed by atoms with Gasteiger partial charge in [0.15, 0.2) is 11.5 Å². The molecule has 0 radical (unpaired) electrons. The number of hydrogen-bond donors (Lipinski definition) is 2. The van der Waals surface area contributed by atoms with Crippen molar-refractivity contribution in [2.24, 2.45) is 0 Å². The number of rotatable bonds is 5. The number of benzene rings is 1. The molecule has 6 heteroatoms. The fraction of sp³-hybridized carbons (Fsp3) is 0.214. The highest BCUT2D eigenvalue weighted by Crippen LogP contribution is 2.50. The second-order valence-electron chi connectivity index (χ2n) is 4.03. The monoisotopic (exact) mass is 293 g/mol. The van der Waals surface area contributed by atoms with Crippen LogP contribution in [-0.4, -0.2) is 23.5 Å². The molecule has 20 heavy (non-hydrogen) atoms. The van der Waals surface area contributed by atoms with Crippen molar-refractivity contribution in [2.75, 3.05) is 13.3 Å². The van der Waals surface area contributed by atoms with Crippen molar-refractivity contribution in [3.63, 3.8) is 0 Å². The average Bonchev–Trinajstić information content (AvgIpc) is 2.38. The van der Waals surface area contributed by atoms with Crippen LogP contribution >= 0.6 is 7.37 Å². The van der Waals surface area contributed by atoms with E-state index < -0.39 is 7.37 Å². The molecule has 2 N–H and O–H groups in total. The molecule has 0 saturated heterocycles. The lowest BCUT2D eigenvalue weighted by Crippen LogP contribution is -1.90. The molecule has 1 aromatic rings. The molecule has 1 aromatic carbocycles. The Labute approximate surface area is 117 Å².